The number of carbonyl (C=O) groups is 2. The van der Waals surface area contributed by atoms with E-state index in [4.69, 9.17) is 23.6 Å². The molecule has 0 aliphatic rings. The van der Waals surface area contributed by atoms with E-state index in [0.29, 0.717) is 12.8 Å². The Labute approximate surface area is 373 Å². The summed E-state index contributed by atoms with van der Waals surface area (Å²) in [6.45, 7) is 2.38. The van der Waals surface area contributed by atoms with Crippen LogP contribution in [0.3, 0.4) is 0 Å². The molecule has 1 unspecified atom stereocenters. The Morgan fingerprint density at radius 1 is 0.492 bits per heavy atom. The molecule has 0 radical (unpaired) electrons. The Morgan fingerprint density at radius 2 is 0.852 bits per heavy atom. The molecule has 0 aromatic rings. The lowest BCUT2D eigenvalue weighted by Crippen LogP contribution is -2.29. The lowest BCUT2D eigenvalue weighted by molar-refractivity contribution is -0.161. The Kier molecular flexibility index (Phi) is 44.8. The van der Waals surface area contributed by atoms with Crippen LogP contribution in [-0.4, -0.2) is 65.7 Å². The topological polar surface area (TPSA) is 149 Å². The number of unbranched alkanes of at least 4 members (excludes halogenated alkanes) is 27. The Morgan fingerprint density at radius 3 is 1.31 bits per heavy atom. The number of rotatable bonds is 47. The van der Waals surface area contributed by atoms with E-state index in [1.807, 2.05) is 0 Å². The van der Waals surface area contributed by atoms with Gasteiger partial charge in [0, 0.05) is 12.8 Å². The molecule has 0 amide bonds. The molecule has 0 fully saturated rings. The molecule has 0 bridgehead atoms. The van der Waals surface area contributed by atoms with Gasteiger partial charge in [0.25, 0.3) is 0 Å². The summed E-state index contributed by atoms with van der Waals surface area (Å²) in [5, 5.41) is 18.4. The quantitative estimate of drug-likeness (QED) is 0.0233. The minimum atomic E-state index is -4.62. The van der Waals surface area contributed by atoms with Crippen LogP contribution in [0.5, 0.6) is 0 Å². The first-order valence-electron chi connectivity index (χ1n) is 24.9. The van der Waals surface area contributed by atoms with Gasteiger partial charge in [-0.05, 0) is 70.6 Å². The van der Waals surface area contributed by atoms with Gasteiger partial charge in [0.2, 0.25) is 0 Å². The third kappa shape index (κ3) is 46.0. The molecule has 11 heteroatoms. The predicted molar refractivity (Wildman–Crippen MR) is 251 cm³/mol. The van der Waals surface area contributed by atoms with Gasteiger partial charge in [-0.1, -0.05) is 185 Å². The number of hydrogen-bond acceptors (Lipinski definition) is 9. The van der Waals surface area contributed by atoms with Crippen LogP contribution in [0.25, 0.3) is 0 Å². The van der Waals surface area contributed by atoms with Gasteiger partial charge in [0.1, 0.15) is 12.7 Å². The minimum absolute atomic E-state index is 0.179. The summed E-state index contributed by atoms with van der Waals surface area (Å²) in [4.78, 5) is 35.1. The number of hydrogen-bond donors (Lipinski definition) is 3. The number of aliphatic hydroxyl groups is 2. The number of allylic oxidation sites excluding steroid dienone is 6. The van der Waals surface area contributed by atoms with E-state index in [0.717, 1.165) is 57.8 Å². The van der Waals surface area contributed by atoms with E-state index in [9.17, 15) is 24.2 Å². The molecule has 10 nitrogen and oxygen atoms in total. The maximum atomic E-state index is 12.7. The van der Waals surface area contributed by atoms with E-state index in [1.54, 1.807) is 0 Å². The highest BCUT2D eigenvalue weighted by atomic mass is 31.2. The van der Waals surface area contributed by atoms with Gasteiger partial charge < -0.3 is 24.6 Å². The molecule has 61 heavy (non-hydrogen) atoms. The first-order chi connectivity index (χ1) is 29.7. The number of esters is 2. The second-order valence-corrected chi connectivity index (χ2v) is 18.3. The van der Waals surface area contributed by atoms with Crippen LogP contribution in [0.4, 0.5) is 0 Å². The number of carbonyl (C=O) groups excluding carboxylic acids is 2. The van der Waals surface area contributed by atoms with Crippen LogP contribution >= 0.6 is 7.82 Å². The molecule has 0 heterocycles. The average molecular weight is 885 g/mol. The van der Waals surface area contributed by atoms with Crippen LogP contribution in [-0.2, 0) is 32.7 Å². The molecular formula is C50H93O10P. The molecule has 0 saturated carbocycles. The van der Waals surface area contributed by atoms with Gasteiger partial charge in [0.15, 0.2) is 6.10 Å². The summed E-state index contributed by atoms with van der Waals surface area (Å²) in [6, 6.07) is 0. The minimum Gasteiger partial charge on any atom is -0.462 e. The zero-order valence-corrected chi connectivity index (χ0v) is 40.0. The van der Waals surface area contributed by atoms with Gasteiger partial charge in [-0.25, -0.2) is 4.57 Å². The largest absolute Gasteiger partial charge is 0.472 e. The number of ether oxygens (including phenoxy) is 2. The Balaban J connectivity index is 4.21. The molecule has 0 aromatic carbocycles. The normalized spacial score (nSPS) is 14.0. The van der Waals surface area contributed by atoms with Crippen molar-refractivity contribution in [2.45, 2.75) is 244 Å². The molecule has 0 spiro atoms. The van der Waals surface area contributed by atoms with Crippen molar-refractivity contribution < 1.29 is 47.8 Å². The highest BCUT2D eigenvalue weighted by Gasteiger charge is 2.27. The predicted octanol–water partition coefficient (Wildman–Crippen LogP) is 13.9. The summed E-state index contributed by atoms with van der Waals surface area (Å²) in [6.07, 6.45) is 49.6. The third-order valence-electron chi connectivity index (χ3n) is 10.8. The maximum Gasteiger partial charge on any atom is 0.472 e. The van der Waals surface area contributed by atoms with Crippen LogP contribution in [0, 0.1) is 0 Å². The fourth-order valence-corrected chi connectivity index (χ4v) is 7.69. The fourth-order valence-electron chi connectivity index (χ4n) is 6.90. The van der Waals surface area contributed by atoms with Gasteiger partial charge >= 0.3 is 19.8 Å². The highest BCUT2D eigenvalue weighted by Crippen LogP contribution is 2.43. The smallest absolute Gasteiger partial charge is 0.462 e. The SMILES string of the molecule is CCCCC/C=C\C/C=C\CCCCCCCCCCCC(=O)OC[C@H](COP(=O)(O)OC[C@@H](O)CO)OC(=O)CCCCCCCCC/C=C\CCCCCCCCCC. The molecule has 0 saturated heterocycles. The maximum absolute atomic E-state index is 12.7. The molecule has 0 rings (SSSR count). The van der Waals surface area contributed by atoms with Crippen molar-refractivity contribution >= 4 is 19.8 Å². The first kappa shape index (κ1) is 59.2. The van der Waals surface area contributed by atoms with Crippen molar-refractivity contribution in [2.75, 3.05) is 26.4 Å². The first-order valence-corrected chi connectivity index (χ1v) is 26.4. The van der Waals surface area contributed by atoms with Crippen LogP contribution < -0.4 is 0 Å². The van der Waals surface area contributed by atoms with E-state index in [2.05, 4.69) is 50.3 Å². The van der Waals surface area contributed by atoms with Gasteiger partial charge in [-0.15, -0.1) is 0 Å². The van der Waals surface area contributed by atoms with Gasteiger partial charge in [-0.2, -0.15) is 0 Å². The van der Waals surface area contributed by atoms with Crippen LogP contribution in [0.15, 0.2) is 36.5 Å². The number of phosphoric ester groups is 1. The lowest BCUT2D eigenvalue weighted by Gasteiger charge is -2.20. The number of phosphoric acid groups is 1. The van der Waals surface area contributed by atoms with Crippen molar-refractivity contribution in [3.8, 4) is 0 Å². The zero-order chi connectivity index (χ0) is 44.8. The summed E-state index contributed by atoms with van der Waals surface area (Å²) < 4.78 is 32.8. The molecule has 0 aliphatic heterocycles. The third-order valence-corrected chi connectivity index (χ3v) is 11.7. The standard InChI is InChI=1S/C50H93O10P/c1-3-5-7-9-11-13-15-17-19-21-23-25-27-29-31-33-35-37-39-41-49(53)57-45-48(46-59-61(55,56)58-44-47(52)43-51)60-50(54)42-40-38-36-34-32-30-28-26-24-22-20-18-16-14-12-10-8-6-4-2/h11,13,17,19,22,24,47-48,51-52H,3-10,12,14-16,18,20-21,23,25-46H2,1-2H3,(H,55,56)/b13-11-,19-17-,24-22-/t47-,48+/m0/s1. The van der Waals surface area contributed by atoms with E-state index >= 15 is 0 Å². The van der Waals surface area contributed by atoms with Crippen LogP contribution in [0.1, 0.15) is 232 Å². The second-order valence-electron chi connectivity index (χ2n) is 16.8. The van der Waals surface area contributed by atoms with Crippen LogP contribution in [0.2, 0.25) is 0 Å². The summed E-state index contributed by atoms with van der Waals surface area (Å²) in [5.41, 5.74) is 0. The van der Waals surface area contributed by atoms with Crippen molar-refractivity contribution in [1.29, 1.82) is 0 Å². The van der Waals surface area contributed by atoms with E-state index in [-0.39, 0.29) is 19.4 Å². The summed E-state index contributed by atoms with van der Waals surface area (Å²) >= 11 is 0. The zero-order valence-electron chi connectivity index (χ0n) is 39.1. The molecule has 3 atom stereocenters. The van der Waals surface area contributed by atoms with E-state index in [1.165, 1.54) is 135 Å². The second kappa shape index (κ2) is 46.2. The fraction of sp³-hybridized carbons (Fsp3) is 0.840. The van der Waals surface area contributed by atoms with Crippen molar-refractivity contribution in [2.24, 2.45) is 0 Å². The summed E-state index contributed by atoms with van der Waals surface area (Å²) in [5.74, 6) is -0.927. The van der Waals surface area contributed by atoms with Crippen molar-refractivity contribution in [3.63, 3.8) is 0 Å². The van der Waals surface area contributed by atoms with Crippen molar-refractivity contribution in [1.82, 2.24) is 0 Å². The average Bonchev–Trinajstić information content (AvgIpc) is 3.25. The van der Waals surface area contributed by atoms with E-state index < -0.39 is 51.8 Å². The molecule has 0 aliphatic carbocycles. The number of aliphatic hydroxyl groups excluding tert-OH is 2. The Hall–Kier alpha value is -1.81. The molecular weight excluding hydrogens is 792 g/mol. The molecule has 0 aromatic heterocycles. The molecule has 358 valence electrons. The monoisotopic (exact) mass is 885 g/mol. The lowest BCUT2D eigenvalue weighted by atomic mass is 10.1. The highest BCUT2D eigenvalue weighted by molar-refractivity contribution is 7.47. The van der Waals surface area contributed by atoms with Gasteiger partial charge in [0.05, 0.1) is 19.8 Å². The van der Waals surface area contributed by atoms with Gasteiger partial charge in [-0.3, -0.25) is 18.6 Å². The molecule has 3 N–H and O–H groups in total. The Bertz CT molecular complexity index is 1110. The van der Waals surface area contributed by atoms with Crippen molar-refractivity contribution in [3.05, 3.63) is 36.5 Å². The summed E-state index contributed by atoms with van der Waals surface area (Å²) in [7, 11) is -4.62.